The zero-order valence-corrected chi connectivity index (χ0v) is 18.5. The molecule has 4 rings (SSSR count). The number of hydrogen-bond acceptors (Lipinski definition) is 6. The van der Waals surface area contributed by atoms with Crippen molar-refractivity contribution in [1.29, 1.82) is 0 Å². The first kappa shape index (κ1) is 24.2. The molecule has 0 saturated carbocycles. The highest BCUT2D eigenvalue weighted by Crippen LogP contribution is 2.33. The van der Waals surface area contributed by atoms with E-state index in [1.807, 2.05) is 6.07 Å². The van der Waals surface area contributed by atoms with Gasteiger partial charge in [-0.15, -0.1) is 25.6 Å². The molecule has 0 N–H and O–H groups in total. The van der Waals surface area contributed by atoms with E-state index >= 15 is 0 Å². The Kier molecular flexibility index (Phi) is 7.94. The van der Waals surface area contributed by atoms with Crippen molar-refractivity contribution in [3.63, 3.8) is 0 Å². The lowest BCUT2D eigenvalue weighted by atomic mass is 10.2. The summed E-state index contributed by atoms with van der Waals surface area (Å²) in [6, 6.07) is 12.8. The second kappa shape index (κ2) is 10.5. The topological polar surface area (TPSA) is 54.9 Å². The van der Waals surface area contributed by atoms with E-state index in [1.54, 1.807) is 29.2 Å². The predicted octanol–water partition coefficient (Wildman–Crippen LogP) is 4.60. The zero-order chi connectivity index (χ0) is 21.8. The third-order valence-electron chi connectivity index (χ3n) is 4.82. The predicted molar refractivity (Wildman–Crippen MR) is 119 cm³/mol. The lowest BCUT2D eigenvalue weighted by Crippen LogP contribution is -2.43. The van der Waals surface area contributed by atoms with Gasteiger partial charge in [0.25, 0.3) is 5.91 Å². The van der Waals surface area contributed by atoms with Gasteiger partial charge in [0, 0.05) is 37.8 Å². The molecule has 1 saturated heterocycles. The van der Waals surface area contributed by atoms with Crippen LogP contribution in [-0.4, -0.2) is 61.5 Å². The number of carbonyl (C=O) groups is 1. The number of morpholine rings is 1. The van der Waals surface area contributed by atoms with Crippen molar-refractivity contribution in [2.24, 2.45) is 0 Å². The Balaban J connectivity index is 0.00000289. The molecular formula is C21H21ClF3N3O3S. The highest BCUT2D eigenvalue weighted by Gasteiger charge is 2.31. The summed E-state index contributed by atoms with van der Waals surface area (Å²) < 4.78 is 47.5. The third-order valence-corrected chi connectivity index (χ3v) is 5.86. The molecule has 11 heteroatoms. The molecular weight excluding hydrogens is 467 g/mol. The summed E-state index contributed by atoms with van der Waals surface area (Å²) in [4.78, 5) is 21.5. The van der Waals surface area contributed by atoms with Gasteiger partial charge >= 0.3 is 6.36 Å². The maximum Gasteiger partial charge on any atom is 0.573 e. The van der Waals surface area contributed by atoms with E-state index in [0.717, 1.165) is 24.4 Å². The number of benzene rings is 2. The fourth-order valence-corrected chi connectivity index (χ4v) is 4.31. The molecule has 0 spiro atoms. The van der Waals surface area contributed by atoms with Crippen molar-refractivity contribution >= 4 is 45.0 Å². The van der Waals surface area contributed by atoms with Crippen LogP contribution in [0.5, 0.6) is 5.75 Å². The van der Waals surface area contributed by atoms with E-state index in [1.165, 1.54) is 18.2 Å². The Morgan fingerprint density at radius 3 is 2.56 bits per heavy atom. The summed E-state index contributed by atoms with van der Waals surface area (Å²) in [6.07, 6.45) is -4.77. The van der Waals surface area contributed by atoms with Crippen LogP contribution < -0.4 is 9.64 Å². The number of aromatic nitrogens is 1. The number of anilines is 1. The Morgan fingerprint density at radius 2 is 1.88 bits per heavy atom. The van der Waals surface area contributed by atoms with Gasteiger partial charge in [0.1, 0.15) is 5.75 Å². The van der Waals surface area contributed by atoms with Crippen LogP contribution in [0.25, 0.3) is 10.2 Å². The van der Waals surface area contributed by atoms with Crippen molar-refractivity contribution in [2.75, 3.05) is 44.3 Å². The van der Waals surface area contributed by atoms with Crippen LogP contribution in [0.1, 0.15) is 10.4 Å². The van der Waals surface area contributed by atoms with Gasteiger partial charge in [-0.3, -0.25) is 14.6 Å². The number of alkyl halides is 3. The molecule has 1 aromatic heterocycles. The standard InChI is InChI=1S/C21H20F3N3O3S.ClH/c22-21(23,24)30-16-6-7-17-18(14-16)31-20(25-17)27(9-8-26-10-12-29-13-11-26)19(28)15-4-2-1-3-5-15;/h1-7,14H,8-13H2;1H. The summed E-state index contributed by atoms with van der Waals surface area (Å²) in [5, 5.41) is 0.432. The van der Waals surface area contributed by atoms with Crippen molar-refractivity contribution in [1.82, 2.24) is 9.88 Å². The summed E-state index contributed by atoms with van der Waals surface area (Å²) in [5.74, 6) is -0.524. The first-order valence-corrected chi connectivity index (χ1v) is 10.5. The molecule has 0 atom stereocenters. The van der Waals surface area contributed by atoms with Crippen LogP contribution in [0.4, 0.5) is 18.3 Å². The Bertz CT molecular complexity index is 1040. The molecule has 1 amide bonds. The van der Waals surface area contributed by atoms with Gasteiger partial charge < -0.3 is 9.47 Å². The minimum atomic E-state index is -4.77. The highest BCUT2D eigenvalue weighted by atomic mass is 35.5. The van der Waals surface area contributed by atoms with Gasteiger partial charge in [-0.05, 0) is 24.3 Å². The largest absolute Gasteiger partial charge is 0.573 e. The summed E-state index contributed by atoms with van der Waals surface area (Å²) in [5.41, 5.74) is 1.02. The van der Waals surface area contributed by atoms with E-state index in [0.29, 0.717) is 47.2 Å². The molecule has 172 valence electrons. The quantitative estimate of drug-likeness (QED) is 0.509. The minimum Gasteiger partial charge on any atom is -0.406 e. The second-order valence-corrected chi connectivity index (χ2v) is 7.96. The average Bonchev–Trinajstić information content (AvgIpc) is 3.17. The van der Waals surface area contributed by atoms with E-state index in [9.17, 15) is 18.0 Å². The monoisotopic (exact) mass is 487 g/mol. The fourth-order valence-electron chi connectivity index (χ4n) is 3.29. The van der Waals surface area contributed by atoms with Crippen molar-refractivity contribution in [3.05, 3.63) is 54.1 Å². The number of rotatable bonds is 6. The molecule has 32 heavy (non-hydrogen) atoms. The Morgan fingerprint density at radius 1 is 1.16 bits per heavy atom. The maximum absolute atomic E-state index is 13.2. The summed E-state index contributed by atoms with van der Waals surface area (Å²) >= 11 is 1.16. The highest BCUT2D eigenvalue weighted by molar-refractivity contribution is 7.22. The van der Waals surface area contributed by atoms with Gasteiger partial charge in [0.05, 0.1) is 23.4 Å². The van der Waals surface area contributed by atoms with Crippen molar-refractivity contribution in [2.45, 2.75) is 6.36 Å². The minimum absolute atomic E-state index is 0. The van der Waals surface area contributed by atoms with Gasteiger partial charge in [-0.25, -0.2) is 4.98 Å². The molecule has 2 aromatic carbocycles. The van der Waals surface area contributed by atoms with Crippen molar-refractivity contribution < 1.29 is 27.4 Å². The first-order valence-electron chi connectivity index (χ1n) is 9.72. The lowest BCUT2D eigenvalue weighted by Gasteiger charge is -2.29. The molecule has 0 bridgehead atoms. The third kappa shape index (κ3) is 6.10. The van der Waals surface area contributed by atoms with Gasteiger partial charge in [0.15, 0.2) is 5.13 Å². The number of hydrogen-bond donors (Lipinski definition) is 0. The smallest absolute Gasteiger partial charge is 0.406 e. The normalized spacial score (nSPS) is 14.7. The van der Waals surface area contributed by atoms with Crippen LogP contribution in [0.15, 0.2) is 48.5 Å². The second-order valence-electron chi connectivity index (χ2n) is 6.95. The number of halogens is 4. The molecule has 0 radical (unpaired) electrons. The van der Waals surface area contributed by atoms with Crippen LogP contribution in [0.3, 0.4) is 0 Å². The number of ether oxygens (including phenoxy) is 2. The number of fused-ring (bicyclic) bond motifs is 1. The van der Waals surface area contributed by atoms with E-state index < -0.39 is 6.36 Å². The SMILES string of the molecule is Cl.O=C(c1ccccc1)N(CCN1CCOCC1)c1nc2ccc(OC(F)(F)F)cc2s1. The average molecular weight is 488 g/mol. The molecule has 2 heterocycles. The maximum atomic E-state index is 13.2. The first-order chi connectivity index (χ1) is 14.9. The van der Waals surface area contributed by atoms with Gasteiger partial charge in [0.2, 0.25) is 0 Å². The molecule has 6 nitrogen and oxygen atoms in total. The van der Waals surface area contributed by atoms with Gasteiger partial charge in [-0.2, -0.15) is 0 Å². The molecule has 3 aromatic rings. The van der Waals surface area contributed by atoms with Crippen LogP contribution >= 0.6 is 23.7 Å². The van der Waals surface area contributed by atoms with E-state index in [2.05, 4.69) is 14.6 Å². The number of carbonyl (C=O) groups excluding carboxylic acids is 1. The number of amides is 1. The molecule has 0 unspecified atom stereocenters. The summed E-state index contributed by atoms with van der Waals surface area (Å²) in [7, 11) is 0. The van der Waals surface area contributed by atoms with E-state index in [4.69, 9.17) is 4.74 Å². The molecule has 1 aliphatic heterocycles. The number of nitrogens with zero attached hydrogens (tertiary/aromatic N) is 3. The molecule has 1 aliphatic rings. The Hall–Kier alpha value is -2.40. The van der Waals surface area contributed by atoms with Crippen LogP contribution in [-0.2, 0) is 4.74 Å². The zero-order valence-electron chi connectivity index (χ0n) is 16.9. The van der Waals surface area contributed by atoms with E-state index in [-0.39, 0.29) is 24.1 Å². The fraction of sp³-hybridized carbons (Fsp3) is 0.333. The lowest BCUT2D eigenvalue weighted by molar-refractivity contribution is -0.274. The molecule has 0 aliphatic carbocycles. The Labute approximate surface area is 193 Å². The van der Waals surface area contributed by atoms with Crippen LogP contribution in [0.2, 0.25) is 0 Å². The van der Waals surface area contributed by atoms with Crippen LogP contribution in [0, 0.1) is 0 Å². The van der Waals surface area contributed by atoms with Gasteiger partial charge in [-0.1, -0.05) is 29.5 Å². The number of thiazole rings is 1. The summed E-state index contributed by atoms with van der Waals surface area (Å²) in [6.45, 7) is 3.90. The molecule has 1 fully saturated rings. The van der Waals surface area contributed by atoms with Crippen molar-refractivity contribution in [3.8, 4) is 5.75 Å².